The number of para-hydroxylation sites is 1. The summed E-state index contributed by atoms with van der Waals surface area (Å²) in [6.45, 7) is 2.17. The molecule has 6 nitrogen and oxygen atoms in total. The average molecular weight is 357 g/mol. The van der Waals surface area contributed by atoms with Crippen molar-refractivity contribution < 1.29 is 4.74 Å². The fourth-order valence-electron chi connectivity index (χ4n) is 2.46. The van der Waals surface area contributed by atoms with Crippen molar-refractivity contribution in [3.63, 3.8) is 0 Å². The predicted molar refractivity (Wildman–Crippen MR) is 97.1 cm³/mol. The molecule has 0 aliphatic heterocycles. The maximum absolute atomic E-state index is 12.2. The van der Waals surface area contributed by atoms with Gasteiger partial charge in [0.1, 0.15) is 12.4 Å². The van der Waals surface area contributed by atoms with Crippen molar-refractivity contribution in [2.24, 2.45) is 7.05 Å². The minimum absolute atomic E-state index is 0.239. The minimum Gasteiger partial charge on any atom is -0.487 e. The lowest BCUT2D eigenvalue weighted by atomic mass is 10.1. The number of aromatic nitrogens is 4. The molecule has 2 aromatic carbocycles. The predicted octanol–water partition coefficient (Wildman–Crippen LogP) is 3.23. The number of hydrogen-bond acceptors (Lipinski definition) is 4. The molecular formula is C18H17ClN4O2. The van der Waals surface area contributed by atoms with Gasteiger partial charge >= 0.3 is 5.69 Å². The number of rotatable bonds is 5. The molecule has 0 saturated heterocycles. The Morgan fingerprint density at radius 1 is 1.16 bits per heavy atom. The Kier molecular flexibility index (Phi) is 5.00. The van der Waals surface area contributed by atoms with E-state index in [0.717, 1.165) is 11.1 Å². The third kappa shape index (κ3) is 3.49. The second-order valence-corrected chi connectivity index (χ2v) is 5.77. The molecule has 0 saturated carbocycles. The van der Waals surface area contributed by atoms with Crippen LogP contribution in [-0.2, 0) is 13.7 Å². The summed E-state index contributed by atoms with van der Waals surface area (Å²) in [4.78, 5) is 12.2. The molecule has 0 aliphatic rings. The van der Waals surface area contributed by atoms with Gasteiger partial charge in [0.05, 0.1) is 10.7 Å². The Morgan fingerprint density at radius 3 is 2.64 bits per heavy atom. The van der Waals surface area contributed by atoms with Gasteiger partial charge in [0.15, 0.2) is 0 Å². The molecule has 0 bridgehead atoms. The maximum Gasteiger partial charge on any atom is 0.368 e. The third-order valence-corrected chi connectivity index (χ3v) is 4.00. The molecule has 0 amide bonds. The summed E-state index contributed by atoms with van der Waals surface area (Å²) < 4.78 is 8.33. The first-order valence-electron chi connectivity index (χ1n) is 7.73. The monoisotopic (exact) mass is 356 g/mol. The second-order valence-electron chi connectivity index (χ2n) is 5.36. The van der Waals surface area contributed by atoms with Crippen LogP contribution < -0.4 is 10.4 Å². The van der Waals surface area contributed by atoms with E-state index in [-0.39, 0.29) is 12.3 Å². The van der Waals surface area contributed by atoms with Gasteiger partial charge < -0.3 is 4.74 Å². The number of halogens is 1. The Hall–Kier alpha value is -2.86. The van der Waals surface area contributed by atoms with Crippen LogP contribution in [0.2, 0.25) is 5.02 Å². The van der Waals surface area contributed by atoms with Gasteiger partial charge in [-0.1, -0.05) is 48.0 Å². The number of allylic oxidation sites excluding steroid dienone is 1. The van der Waals surface area contributed by atoms with E-state index in [1.54, 1.807) is 19.2 Å². The van der Waals surface area contributed by atoms with Crippen LogP contribution in [0.5, 0.6) is 5.75 Å². The van der Waals surface area contributed by atoms with Crippen molar-refractivity contribution in [2.75, 3.05) is 0 Å². The lowest BCUT2D eigenvalue weighted by Crippen LogP contribution is -2.23. The van der Waals surface area contributed by atoms with E-state index in [0.29, 0.717) is 16.5 Å². The van der Waals surface area contributed by atoms with E-state index >= 15 is 0 Å². The molecular weight excluding hydrogens is 340 g/mol. The van der Waals surface area contributed by atoms with Gasteiger partial charge in [-0.2, -0.15) is 9.36 Å². The molecule has 1 heterocycles. The van der Waals surface area contributed by atoms with Crippen LogP contribution in [0.1, 0.15) is 18.1 Å². The highest BCUT2D eigenvalue weighted by Crippen LogP contribution is 2.26. The Morgan fingerprint density at radius 2 is 1.96 bits per heavy atom. The SMILES string of the molecule is C/C=C/c1cccc(-n2nnn(C)c2=O)c1COc1ccccc1Cl. The van der Waals surface area contributed by atoms with Crippen molar-refractivity contribution in [1.29, 1.82) is 0 Å². The van der Waals surface area contributed by atoms with E-state index < -0.39 is 0 Å². The highest BCUT2D eigenvalue weighted by Gasteiger charge is 2.14. The average Bonchev–Trinajstić information content (AvgIpc) is 2.94. The van der Waals surface area contributed by atoms with E-state index in [2.05, 4.69) is 10.4 Å². The van der Waals surface area contributed by atoms with Gasteiger partial charge in [0.25, 0.3) is 0 Å². The zero-order valence-corrected chi connectivity index (χ0v) is 14.6. The van der Waals surface area contributed by atoms with Gasteiger partial charge in [0, 0.05) is 12.6 Å². The molecule has 0 atom stereocenters. The molecule has 3 rings (SSSR count). The highest BCUT2D eigenvalue weighted by atomic mass is 35.5. The van der Waals surface area contributed by atoms with Crippen LogP contribution in [0.25, 0.3) is 11.8 Å². The fourth-order valence-corrected chi connectivity index (χ4v) is 2.65. The van der Waals surface area contributed by atoms with Crippen LogP contribution in [0.3, 0.4) is 0 Å². The molecule has 7 heteroatoms. The third-order valence-electron chi connectivity index (χ3n) is 3.69. The van der Waals surface area contributed by atoms with Gasteiger partial charge in [-0.25, -0.2) is 4.79 Å². The van der Waals surface area contributed by atoms with Crippen molar-refractivity contribution >= 4 is 17.7 Å². The summed E-state index contributed by atoms with van der Waals surface area (Å²) in [6, 6.07) is 12.9. The first-order chi connectivity index (χ1) is 12.1. The van der Waals surface area contributed by atoms with Gasteiger partial charge in [0.2, 0.25) is 0 Å². The van der Waals surface area contributed by atoms with Crippen LogP contribution in [0.4, 0.5) is 0 Å². The minimum atomic E-state index is -0.323. The van der Waals surface area contributed by atoms with Crippen LogP contribution in [-0.4, -0.2) is 19.8 Å². The van der Waals surface area contributed by atoms with Crippen molar-refractivity contribution in [2.45, 2.75) is 13.5 Å². The molecule has 3 aromatic rings. The first kappa shape index (κ1) is 17.0. The lowest BCUT2D eigenvalue weighted by Gasteiger charge is -2.14. The summed E-state index contributed by atoms with van der Waals surface area (Å²) in [5.41, 5.74) is 2.06. The zero-order chi connectivity index (χ0) is 17.8. The summed E-state index contributed by atoms with van der Waals surface area (Å²) in [7, 11) is 1.56. The van der Waals surface area contributed by atoms with E-state index in [1.807, 2.05) is 49.4 Å². The topological polar surface area (TPSA) is 61.9 Å². The smallest absolute Gasteiger partial charge is 0.368 e. The highest BCUT2D eigenvalue weighted by molar-refractivity contribution is 6.32. The van der Waals surface area contributed by atoms with E-state index in [1.165, 1.54) is 9.36 Å². The Bertz CT molecular complexity index is 975. The van der Waals surface area contributed by atoms with E-state index in [4.69, 9.17) is 16.3 Å². The van der Waals surface area contributed by atoms with Gasteiger partial charge in [-0.3, -0.25) is 0 Å². The number of benzene rings is 2. The molecule has 1 aromatic heterocycles. The lowest BCUT2D eigenvalue weighted by molar-refractivity contribution is 0.305. The molecule has 0 fully saturated rings. The molecule has 0 radical (unpaired) electrons. The van der Waals surface area contributed by atoms with Crippen LogP contribution >= 0.6 is 11.6 Å². The first-order valence-corrected chi connectivity index (χ1v) is 8.11. The second kappa shape index (κ2) is 7.36. The quantitative estimate of drug-likeness (QED) is 0.704. The van der Waals surface area contributed by atoms with Gasteiger partial charge in [-0.15, -0.1) is 0 Å². The summed E-state index contributed by atoms with van der Waals surface area (Å²) in [5, 5.41) is 8.24. The van der Waals surface area contributed by atoms with Crippen LogP contribution in [0, 0.1) is 0 Å². The summed E-state index contributed by atoms with van der Waals surface area (Å²) in [5.74, 6) is 0.580. The number of tetrazole rings is 1. The maximum atomic E-state index is 12.2. The Balaban J connectivity index is 2.05. The van der Waals surface area contributed by atoms with Gasteiger partial charge in [-0.05, 0) is 41.1 Å². The molecule has 0 unspecified atom stereocenters. The largest absolute Gasteiger partial charge is 0.487 e. The number of hydrogen-bond donors (Lipinski definition) is 0. The molecule has 0 aliphatic carbocycles. The zero-order valence-electron chi connectivity index (χ0n) is 13.9. The van der Waals surface area contributed by atoms with E-state index in [9.17, 15) is 4.79 Å². The summed E-state index contributed by atoms with van der Waals surface area (Å²) in [6.07, 6.45) is 3.88. The van der Waals surface area contributed by atoms with Crippen molar-refractivity contribution in [3.8, 4) is 11.4 Å². The molecule has 0 N–H and O–H groups in total. The van der Waals surface area contributed by atoms with Crippen molar-refractivity contribution in [1.82, 2.24) is 19.8 Å². The molecule has 128 valence electrons. The number of aryl methyl sites for hydroxylation is 1. The Labute approximate surface area is 149 Å². The summed E-state index contributed by atoms with van der Waals surface area (Å²) >= 11 is 6.16. The van der Waals surface area contributed by atoms with Crippen LogP contribution in [0.15, 0.2) is 53.3 Å². The molecule has 0 spiro atoms. The van der Waals surface area contributed by atoms with Crippen molar-refractivity contribution in [3.05, 3.63) is 75.2 Å². The number of nitrogens with zero attached hydrogens (tertiary/aromatic N) is 4. The fraction of sp³-hybridized carbons (Fsp3) is 0.167. The normalized spacial score (nSPS) is 11.2. The molecule has 25 heavy (non-hydrogen) atoms. The number of ether oxygens (including phenoxy) is 1. The standard InChI is InChI=1S/C18H17ClN4O2/c1-3-7-13-8-6-10-16(23-18(24)22(2)20-21-23)14(13)12-25-17-11-5-4-9-15(17)19/h3-11H,12H2,1-2H3/b7-3+.